The molecule has 102 valence electrons. The van der Waals surface area contributed by atoms with E-state index in [4.69, 9.17) is 5.73 Å². The summed E-state index contributed by atoms with van der Waals surface area (Å²) in [6, 6.07) is 6.61. The Morgan fingerprint density at radius 1 is 1.37 bits per heavy atom. The van der Waals surface area contributed by atoms with Crippen molar-refractivity contribution in [1.29, 1.82) is 0 Å². The Bertz CT molecular complexity index is 696. The molecule has 0 aliphatic carbocycles. The van der Waals surface area contributed by atoms with E-state index in [0.29, 0.717) is 5.69 Å². The number of hydrogen-bond donors (Lipinski definition) is 2. The molecule has 0 spiro atoms. The van der Waals surface area contributed by atoms with Gasteiger partial charge in [-0.05, 0) is 46.6 Å². The lowest BCUT2D eigenvalue weighted by Gasteiger charge is -2.07. The molecule has 0 aliphatic rings. The highest BCUT2D eigenvalue weighted by molar-refractivity contribution is 9.10. The highest BCUT2D eigenvalue weighted by atomic mass is 79.9. The second-order valence-electron chi connectivity index (χ2n) is 4.07. The molecule has 1 aromatic carbocycles. The molecule has 19 heavy (non-hydrogen) atoms. The van der Waals surface area contributed by atoms with Crippen LogP contribution in [0.15, 0.2) is 39.0 Å². The maximum atomic E-state index is 12.1. The normalized spacial score (nSPS) is 11.7. The lowest BCUT2D eigenvalue weighted by atomic mass is 10.2. The molecule has 2 aromatic rings. The number of nitrogens with two attached hydrogens (primary N) is 1. The van der Waals surface area contributed by atoms with Crippen LogP contribution in [-0.4, -0.2) is 8.42 Å². The van der Waals surface area contributed by atoms with E-state index in [0.717, 1.165) is 14.9 Å². The maximum absolute atomic E-state index is 12.1. The average molecular weight is 361 g/mol. The molecule has 0 atom stereocenters. The Labute approximate surface area is 124 Å². The Hall–Kier alpha value is -0.890. The van der Waals surface area contributed by atoms with E-state index in [-0.39, 0.29) is 11.4 Å². The second-order valence-corrected chi connectivity index (χ2v) is 7.75. The van der Waals surface area contributed by atoms with Gasteiger partial charge in [-0.25, -0.2) is 13.1 Å². The fourth-order valence-electron chi connectivity index (χ4n) is 1.48. The van der Waals surface area contributed by atoms with Crippen LogP contribution in [0, 0.1) is 6.92 Å². The maximum Gasteiger partial charge on any atom is 0.240 e. The first-order valence-corrected chi connectivity index (χ1v) is 8.63. The number of sulfonamides is 1. The third-order valence-electron chi connectivity index (χ3n) is 2.62. The van der Waals surface area contributed by atoms with Crippen LogP contribution in [0.3, 0.4) is 0 Å². The standard InChI is InChI=1S/C12H13BrN2O2S2/c1-8-2-3-11(5-12(8)14)19(16,17)15-6-10-4-9(13)7-18-10/h2-5,7,15H,6,14H2,1H3. The van der Waals surface area contributed by atoms with E-state index in [2.05, 4.69) is 20.7 Å². The Balaban J connectivity index is 2.16. The average Bonchev–Trinajstić information content (AvgIpc) is 2.76. The number of anilines is 1. The molecule has 3 N–H and O–H groups in total. The minimum Gasteiger partial charge on any atom is -0.398 e. The summed E-state index contributed by atoms with van der Waals surface area (Å²) in [5.74, 6) is 0. The van der Waals surface area contributed by atoms with Crippen molar-refractivity contribution < 1.29 is 8.42 Å². The van der Waals surface area contributed by atoms with Gasteiger partial charge < -0.3 is 5.73 Å². The van der Waals surface area contributed by atoms with Gasteiger partial charge in [-0.15, -0.1) is 11.3 Å². The highest BCUT2D eigenvalue weighted by Gasteiger charge is 2.14. The summed E-state index contributed by atoms with van der Waals surface area (Å²) in [5.41, 5.74) is 7.07. The van der Waals surface area contributed by atoms with Crippen molar-refractivity contribution in [1.82, 2.24) is 4.72 Å². The van der Waals surface area contributed by atoms with Gasteiger partial charge in [0.25, 0.3) is 0 Å². The molecule has 0 bridgehead atoms. The Morgan fingerprint density at radius 2 is 2.11 bits per heavy atom. The molecule has 1 heterocycles. The zero-order valence-electron chi connectivity index (χ0n) is 10.2. The topological polar surface area (TPSA) is 72.2 Å². The molecule has 0 saturated carbocycles. The third-order valence-corrected chi connectivity index (χ3v) is 5.72. The van der Waals surface area contributed by atoms with Crippen molar-refractivity contribution in [3.05, 3.63) is 44.6 Å². The molecule has 0 fully saturated rings. The fraction of sp³-hybridized carbons (Fsp3) is 0.167. The number of rotatable bonds is 4. The minimum atomic E-state index is -3.53. The summed E-state index contributed by atoms with van der Waals surface area (Å²) in [5, 5.41) is 1.91. The number of hydrogen-bond acceptors (Lipinski definition) is 4. The van der Waals surface area contributed by atoms with Gasteiger partial charge in [-0.2, -0.15) is 0 Å². The third kappa shape index (κ3) is 3.56. The van der Waals surface area contributed by atoms with Crippen LogP contribution in [-0.2, 0) is 16.6 Å². The van der Waals surface area contributed by atoms with E-state index >= 15 is 0 Å². The quantitative estimate of drug-likeness (QED) is 0.823. The number of thiophene rings is 1. The SMILES string of the molecule is Cc1ccc(S(=O)(=O)NCc2cc(Br)cs2)cc1N. The molecular weight excluding hydrogens is 348 g/mol. The van der Waals surface area contributed by atoms with E-state index < -0.39 is 10.0 Å². The van der Waals surface area contributed by atoms with Crippen molar-refractivity contribution >= 4 is 43.0 Å². The monoisotopic (exact) mass is 360 g/mol. The van der Waals surface area contributed by atoms with Crippen LogP contribution in [0.2, 0.25) is 0 Å². The van der Waals surface area contributed by atoms with Crippen LogP contribution in [0.1, 0.15) is 10.4 Å². The van der Waals surface area contributed by atoms with E-state index in [1.807, 2.05) is 18.4 Å². The number of halogens is 1. The van der Waals surface area contributed by atoms with Gasteiger partial charge in [-0.3, -0.25) is 0 Å². The molecule has 2 rings (SSSR count). The predicted octanol–water partition coefficient (Wildman–Crippen LogP) is 2.88. The van der Waals surface area contributed by atoms with Gasteiger partial charge in [0.15, 0.2) is 0 Å². The number of nitrogen functional groups attached to an aromatic ring is 1. The molecule has 7 heteroatoms. The lowest BCUT2D eigenvalue weighted by molar-refractivity contribution is 0.582. The van der Waals surface area contributed by atoms with Crippen LogP contribution < -0.4 is 10.5 Å². The molecule has 0 saturated heterocycles. The van der Waals surface area contributed by atoms with Gasteiger partial charge in [0, 0.05) is 27.0 Å². The lowest BCUT2D eigenvalue weighted by Crippen LogP contribution is -2.23. The minimum absolute atomic E-state index is 0.186. The number of aryl methyl sites for hydroxylation is 1. The molecule has 0 amide bonds. The van der Waals surface area contributed by atoms with Crippen molar-refractivity contribution in [2.75, 3.05) is 5.73 Å². The number of benzene rings is 1. The summed E-state index contributed by atoms with van der Waals surface area (Å²) in [6.45, 7) is 2.11. The first-order valence-electron chi connectivity index (χ1n) is 5.47. The zero-order chi connectivity index (χ0) is 14.0. The summed E-state index contributed by atoms with van der Waals surface area (Å²) in [7, 11) is -3.53. The highest BCUT2D eigenvalue weighted by Crippen LogP contribution is 2.21. The largest absolute Gasteiger partial charge is 0.398 e. The molecule has 0 aliphatic heterocycles. The summed E-state index contributed by atoms with van der Waals surface area (Å²) >= 11 is 4.82. The fourth-order valence-corrected chi connectivity index (χ4v) is 4.01. The summed E-state index contributed by atoms with van der Waals surface area (Å²) < 4.78 is 27.7. The first-order chi connectivity index (χ1) is 8.88. The first kappa shape index (κ1) is 14.5. The van der Waals surface area contributed by atoms with Gasteiger partial charge in [0.2, 0.25) is 10.0 Å². The van der Waals surface area contributed by atoms with Gasteiger partial charge in [0.1, 0.15) is 0 Å². The molecule has 4 nitrogen and oxygen atoms in total. The molecule has 0 unspecified atom stereocenters. The molecular formula is C12H13BrN2O2S2. The zero-order valence-corrected chi connectivity index (χ0v) is 13.4. The second kappa shape index (κ2) is 5.62. The van der Waals surface area contributed by atoms with Crippen molar-refractivity contribution in [3.63, 3.8) is 0 Å². The summed E-state index contributed by atoms with van der Waals surface area (Å²) in [6.07, 6.45) is 0. The van der Waals surface area contributed by atoms with Crippen molar-refractivity contribution in [2.24, 2.45) is 0 Å². The van der Waals surface area contributed by atoms with E-state index in [1.165, 1.54) is 17.4 Å². The van der Waals surface area contributed by atoms with Crippen LogP contribution >= 0.6 is 27.3 Å². The smallest absolute Gasteiger partial charge is 0.240 e. The molecule has 1 aromatic heterocycles. The van der Waals surface area contributed by atoms with Gasteiger partial charge in [0.05, 0.1) is 4.90 Å². The van der Waals surface area contributed by atoms with E-state index in [9.17, 15) is 8.42 Å². The van der Waals surface area contributed by atoms with Crippen LogP contribution in [0.25, 0.3) is 0 Å². The Morgan fingerprint density at radius 3 is 2.68 bits per heavy atom. The van der Waals surface area contributed by atoms with Crippen LogP contribution in [0.5, 0.6) is 0 Å². The van der Waals surface area contributed by atoms with E-state index in [1.54, 1.807) is 12.1 Å². The summed E-state index contributed by atoms with van der Waals surface area (Å²) in [4.78, 5) is 1.13. The molecule has 0 radical (unpaired) electrons. The van der Waals surface area contributed by atoms with Gasteiger partial charge in [-0.1, -0.05) is 6.07 Å². The van der Waals surface area contributed by atoms with Crippen molar-refractivity contribution in [2.45, 2.75) is 18.4 Å². The Kier molecular flexibility index (Phi) is 4.29. The van der Waals surface area contributed by atoms with Crippen molar-refractivity contribution in [3.8, 4) is 0 Å². The van der Waals surface area contributed by atoms with Gasteiger partial charge >= 0.3 is 0 Å². The predicted molar refractivity (Wildman–Crippen MR) is 81.6 cm³/mol. The van der Waals surface area contributed by atoms with Crippen LogP contribution in [0.4, 0.5) is 5.69 Å². The number of nitrogens with one attached hydrogen (secondary N) is 1.